The number of piperidine rings is 2. The highest BCUT2D eigenvalue weighted by Gasteiger charge is 2.35. The van der Waals surface area contributed by atoms with E-state index in [1.54, 1.807) is 24.3 Å². The van der Waals surface area contributed by atoms with Crippen LogP contribution in [0, 0.1) is 5.92 Å². The smallest absolute Gasteiger partial charge is 0.253 e. The Balaban J connectivity index is 1.70. The second-order valence-electron chi connectivity index (χ2n) is 5.64. The average molecular weight is 273 g/mol. The SMILES string of the molecule is Nc1cccc(C(=O)N2CCC3NC(=O)CCC3C2)c1. The van der Waals surface area contributed by atoms with Gasteiger partial charge in [-0.1, -0.05) is 6.07 Å². The van der Waals surface area contributed by atoms with Gasteiger partial charge in [0.05, 0.1) is 0 Å². The molecule has 2 aliphatic heterocycles. The summed E-state index contributed by atoms with van der Waals surface area (Å²) in [5.41, 5.74) is 6.98. The van der Waals surface area contributed by atoms with Crippen molar-refractivity contribution >= 4 is 17.5 Å². The molecule has 0 saturated carbocycles. The van der Waals surface area contributed by atoms with E-state index in [1.165, 1.54) is 0 Å². The number of likely N-dealkylation sites (tertiary alicyclic amines) is 1. The topological polar surface area (TPSA) is 75.4 Å². The van der Waals surface area contributed by atoms with E-state index in [0.717, 1.165) is 19.4 Å². The molecule has 1 aromatic carbocycles. The summed E-state index contributed by atoms with van der Waals surface area (Å²) in [5, 5.41) is 3.03. The molecule has 2 aliphatic rings. The van der Waals surface area contributed by atoms with Crippen molar-refractivity contribution < 1.29 is 9.59 Å². The van der Waals surface area contributed by atoms with Gasteiger partial charge in [0.25, 0.3) is 5.91 Å². The summed E-state index contributed by atoms with van der Waals surface area (Å²) < 4.78 is 0. The Kier molecular flexibility index (Phi) is 3.34. The maximum Gasteiger partial charge on any atom is 0.253 e. The van der Waals surface area contributed by atoms with E-state index in [9.17, 15) is 9.59 Å². The van der Waals surface area contributed by atoms with Crippen molar-refractivity contribution in [3.05, 3.63) is 29.8 Å². The first kappa shape index (κ1) is 13.0. The van der Waals surface area contributed by atoms with Crippen molar-refractivity contribution in [1.82, 2.24) is 10.2 Å². The van der Waals surface area contributed by atoms with Crippen LogP contribution in [0.2, 0.25) is 0 Å². The first-order valence-electron chi connectivity index (χ1n) is 7.07. The van der Waals surface area contributed by atoms with Gasteiger partial charge in [-0.2, -0.15) is 0 Å². The van der Waals surface area contributed by atoms with E-state index in [4.69, 9.17) is 5.73 Å². The molecule has 106 valence electrons. The Morgan fingerprint density at radius 3 is 3.00 bits per heavy atom. The number of fused-ring (bicyclic) bond motifs is 1. The Hall–Kier alpha value is -2.04. The van der Waals surface area contributed by atoms with Crippen LogP contribution >= 0.6 is 0 Å². The molecule has 5 heteroatoms. The summed E-state index contributed by atoms with van der Waals surface area (Å²) in [6.07, 6.45) is 2.28. The Morgan fingerprint density at radius 1 is 1.35 bits per heavy atom. The van der Waals surface area contributed by atoms with Gasteiger partial charge in [0, 0.05) is 36.8 Å². The zero-order valence-corrected chi connectivity index (χ0v) is 11.3. The van der Waals surface area contributed by atoms with Crippen LogP contribution in [0.5, 0.6) is 0 Å². The van der Waals surface area contributed by atoms with Crippen molar-refractivity contribution in [2.75, 3.05) is 18.8 Å². The van der Waals surface area contributed by atoms with E-state index in [1.807, 2.05) is 4.90 Å². The zero-order valence-electron chi connectivity index (χ0n) is 11.3. The lowest BCUT2D eigenvalue weighted by Gasteiger charge is -2.41. The minimum Gasteiger partial charge on any atom is -0.399 e. The first-order valence-corrected chi connectivity index (χ1v) is 7.07. The maximum atomic E-state index is 12.5. The van der Waals surface area contributed by atoms with Crippen LogP contribution in [0.1, 0.15) is 29.6 Å². The molecule has 1 aromatic rings. The van der Waals surface area contributed by atoms with E-state index in [0.29, 0.717) is 30.1 Å². The van der Waals surface area contributed by atoms with Crippen LogP contribution in [0.3, 0.4) is 0 Å². The van der Waals surface area contributed by atoms with Gasteiger partial charge < -0.3 is 16.0 Å². The molecule has 2 saturated heterocycles. The minimum atomic E-state index is 0.0349. The fraction of sp³-hybridized carbons (Fsp3) is 0.467. The van der Waals surface area contributed by atoms with Crippen LogP contribution in [-0.4, -0.2) is 35.8 Å². The number of hydrogen-bond donors (Lipinski definition) is 2. The van der Waals surface area contributed by atoms with Gasteiger partial charge in [-0.05, 0) is 37.0 Å². The predicted octanol–water partition coefficient (Wildman–Crippen LogP) is 1.01. The van der Waals surface area contributed by atoms with Gasteiger partial charge in [0.15, 0.2) is 0 Å². The summed E-state index contributed by atoms with van der Waals surface area (Å²) in [7, 11) is 0. The summed E-state index contributed by atoms with van der Waals surface area (Å²) in [5.74, 6) is 0.556. The highest BCUT2D eigenvalue weighted by molar-refractivity contribution is 5.95. The number of nitrogens with zero attached hydrogens (tertiary/aromatic N) is 1. The van der Waals surface area contributed by atoms with Crippen LogP contribution < -0.4 is 11.1 Å². The van der Waals surface area contributed by atoms with Gasteiger partial charge in [-0.15, -0.1) is 0 Å². The second kappa shape index (κ2) is 5.15. The lowest BCUT2D eigenvalue weighted by atomic mass is 9.85. The maximum absolute atomic E-state index is 12.5. The van der Waals surface area contributed by atoms with Crippen LogP contribution in [0.25, 0.3) is 0 Å². The fourth-order valence-corrected chi connectivity index (χ4v) is 3.15. The van der Waals surface area contributed by atoms with Gasteiger partial charge in [0.1, 0.15) is 0 Å². The number of benzene rings is 1. The number of amides is 2. The highest BCUT2D eigenvalue weighted by Crippen LogP contribution is 2.26. The largest absolute Gasteiger partial charge is 0.399 e. The number of carbonyl (C=O) groups is 2. The molecule has 5 nitrogen and oxygen atoms in total. The number of nitrogens with two attached hydrogens (primary N) is 1. The Bertz CT molecular complexity index is 544. The van der Waals surface area contributed by atoms with Crippen LogP contribution in [0.4, 0.5) is 5.69 Å². The molecule has 2 fully saturated rings. The number of carbonyl (C=O) groups excluding carboxylic acids is 2. The molecule has 3 rings (SSSR count). The van der Waals surface area contributed by atoms with Crippen molar-refractivity contribution in [1.29, 1.82) is 0 Å². The zero-order chi connectivity index (χ0) is 14.1. The minimum absolute atomic E-state index is 0.0349. The van der Waals surface area contributed by atoms with E-state index in [2.05, 4.69) is 5.32 Å². The van der Waals surface area contributed by atoms with Gasteiger partial charge in [0.2, 0.25) is 5.91 Å². The number of nitrogens with one attached hydrogen (secondary N) is 1. The molecule has 3 N–H and O–H groups in total. The van der Waals surface area contributed by atoms with Crippen molar-refractivity contribution in [2.24, 2.45) is 5.92 Å². The molecule has 0 aliphatic carbocycles. The van der Waals surface area contributed by atoms with E-state index in [-0.39, 0.29) is 17.9 Å². The van der Waals surface area contributed by atoms with E-state index < -0.39 is 0 Å². The molecule has 2 unspecified atom stereocenters. The molecule has 0 bridgehead atoms. The predicted molar refractivity (Wildman–Crippen MR) is 76.0 cm³/mol. The normalized spacial score (nSPS) is 25.8. The Labute approximate surface area is 118 Å². The fourth-order valence-electron chi connectivity index (χ4n) is 3.15. The van der Waals surface area contributed by atoms with Crippen LogP contribution in [0.15, 0.2) is 24.3 Å². The third-order valence-corrected chi connectivity index (χ3v) is 4.24. The molecule has 0 aromatic heterocycles. The summed E-state index contributed by atoms with van der Waals surface area (Å²) in [6, 6.07) is 7.33. The molecule has 2 heterocycles. The van der Waals surface area contributed by atoms with Gasteiger partial charge in [-0.25, -0.2) is 0 Å². The first-order chi connectivity index (χ1) is 9.63. The lowest BCUT2D eigenvalue weighted by molar-refractivity contribution is -0.125. The van der Waals surface area contributed by atoms with Gasteiger partial charge in [-0.3, -0.25) is 9.59 Å². The molecule has 2 amide bonds. The third-order valence-electron chi connectivity index (χ3n) is 4.24. The molecular weight excluding hydrogens is 254 g/mol. The average Bonchev–Trinajstić information content (AvgIpc) is 2.46. The van der Waals surface area contributed by atoms with Crippen LogP contribution in [-0.2, 0) is 4.79 Å². The number of hydrogen-bond acceptors (Lipinski definition) is 3. The molecule has 20 heavy (non-hydrogen) atoms. The molecule has 0 spiro atoms. The lowest BCUT2D eigenvalue weighted by Crippen LogP contribution is -2.55. The quantitative estimate of drug-likeness (QED) is 0.750. The second-order valence-corrected chi connectivity index (χ2v) is 5.64. The number of nitrogen functional groups attached to an aromatic ring is 1. The highest BCUT2D eigenvalue weighted by atomic mass is 16.2. The molecule has 2 atom stereocenters. The number of anilines is 1. The van der Waals surface area contributed by atoms with Crippen molar-refractivity contribution in [3.63, 3.8) is 0 Å². The monoisotopic (exact) mass is 273 g/mol. The summed E-state index contributed by atoms with van der Waals surface area (Å²) >= 11 is 0. The number of rotatable bonds is 1. The standard InChI is InChI=1S/C15H19N3O2/c16-12-3-1-2-10(8-12)15(20)18-7-6-13-11(9-18)4-5-14(19)17-13/h1-3,8,11,13H,4-7,9,16H2,(H,17,19). The molecular formula is C15H19N3O2. The summed E-state index contributed by atoms with van der Waals surface area (Å²) in [6.45, 7) is 1.41. The molecule has 0 radical (unpaired) electrons. The van der Waals surface area contributed by atoms with Crippen molar-refractivity contribution in [2.45, 2.75) is 25.3 Å². The van der Waals surface area contributed by atoms with Gasteiger partial charge >= 0.3 is 0 Å². The van der Waals surface area contributed by atoms with E-state index >= 15 is 0 Å². The Morgan fingerprint density at radius 2 is 2.20 bits per heavy atom. The van der Waals surface area contributed by atoms with Crippen molar-refractivity contribution in [3.8, 4) is 0 Å². The third kappa shape index (κ3) is 2.48. The summed E-state index contributed by atoms with van der Waals surface area (Å²) in [4.78, 5) is 25.7.